The van der Waals surface area contributed by atoms with E-state index in [2.05, 4.69) is 13.8 Å². The Morgan fingerprint density at radius 3 is 2.44 bits per heavy atom. The topological polar surface area (TPSA) is 4.44 Å². The third kappa shape index (κ3) is 5.83. The molecular formula is C14H30FN. The van der Waals surface area contributed by atoms with Gasteiger partial charge in [0.1, 0.15) is 0 Å². The van der Waals surface area contributed by atoms with Gasteiger partial charge in [-0.15, -0.1) is 0 Å². The quantitative estimate of drug-likeness (QED) is 0.579. The molecule has 0 aliphatic carbocycles. The molecule has 1 N–H and O–H groups in total. The van der Waals surface area contributed by atoms with Crippen LogP contribution >= 0.6 is 0 Å². The number of hydrogen-bond donors (Lipinski definition) is 1. The third-order valence-electron chi connectivity index (χ3n) is 3.89. The molecule has 16 heavy (non-hydrogen) atoms. The van der Waals surface area contributed by atoms with Crippen molar-refractivity contribution in [2.45, 2.75) is 77.7 Å². The second-order valence-corrected chi connectivity index (χ2v) is 5.20. The first-order valence-corrected chi connectivity index (χ1v) is 7.23. The van der Waals surface area contributed by atoms with Gasteiger partial charge in [0.05, 0.1) is 19.1 Å². The molecule has 2 unspecified atom stereocenters. The van der Waals surface area contributed by atoms with Crippen molar-refractivity contribution in [2.75, 3.05) is 13.1 Å². The van der Waals surface area contributed by atoms with Gasteiger partial charge in [0.25, 0.3) is 0 Å². The number of nitrogens with one attached hydrogen (secondary N) is 1. The molecule has 2 atom stereocenters. The Kier molecular flexibility index (Phi) is 10.0. The maximum absolute atomic E-state index is 2.32. The number of piperidine rings is 1. The summed E-state index contributed by atoms with van der Waals surface area (Å²) in [4.78, 5) is 1.93. The Morgan fingerprint density at radius 1 is 1.00 bits per heavy atom. The lowest BCUT2D eigenvalue weighted by atomic mass is 9.97. The molecule has 1 nitrogen and oxygen atoms in total. The van der Waals surface area contributed by atoms with Crippen molar-refractivity contribution in [1.29, 1.82) is 0 Å². The van der Waals surface area contributed by atoms with Crippen LogP contribution in [-0.2, 0) is 0 Å². The summed E-state index contributed by atoms with van der Waals surface area (Å²) < 4.78 is 0. The molecule has 0 saturated carbocycles. The zero-order valence-electron chi connectivity index (χ0n) is 11.2. The highest BCUT2D eigenvalue weighted by molar-refractivity contribution is 4.61. The lowest BCUT2D eigenvalue weighted by Gasteiger charge is -2.32. The van der Waals surface area contributed by atoms with Crippen LogP contribution in [-0.4, -0.2) is 19.1 Å². The second kappa shape index (κ2) is 10.1. The smallest absolute Gasteiger partial charge is 0.0874 e. The molecule has 1 fully saturated rings. The lowest BCUT2D eigenvalue weighted by molar-refractivity contribution is -0.931. The molecule has 1 aliphatic heterocycles. The highest BCUT2D eigenvalue weighted by Gasteiger charge is 2.24. The zero-order valence-corrected chi connectivity index (χ0v) is 11.2. The molecular weight excluding hydrogens is 201 g/mol. The largest absolute Gasteiger partial charge is 1.00 e. The van der Waals surface area contributed by atoms with E-state index in [1.807, 2.05) is 4.90 Å². The van der Waals surface area contributed by atoms with Gasteiger partial charge in [-0.1, -0.05) is 26.7 Å². The second-order valence-electron chi connectivity index (χ2n) is 5.20. The van der Waals surface area contributed by atoms with Crippen LogP contribution in [0.25, 0.3) is 0 Å². The summed E-state index contributed by atoms with van der Waals surface area (Å²) in [6.07, 6.45) is 13.0. The van der Waals surface area contributed by atoms with Crippen LogP contribution in [0.5, 0.6) is 0 Å². The summed E-state index contributed by atoms with van der Waals surface area (Å²) >= 11 is 0. The van der Waals surface area contributed by atoms with Gasteiger partial charge in [-0.25, -0.2) is 0 Å². The van der Waals surface area contributed by atoms with Crippen LogP contribution in [0, 0.1) is 0 Å². The lowest BCUT2D eigenvalue weighted by Crippen LogP contribution is -3.16. The van der Waals surface area contributed by atoms with Gasteiger partial charge in [-0.05, 0) is 44.9 Å². The molecule has 0 radical (unpaired) electrons. The van der Waals surface area contributed by atoms with Gasteiger partial charge >= 0.3 is 0 Å². The molecule has 98 valence electrons. The molecule has 0 spiro atoms. The van der Waals surface area contributed by atoms with E-state index >= 15 is 0 Å². The van der Waals surface area contributed by atoms with E-state index in [9.17, 15) is 0 Å². The molecule has 1 rings (SSSR count). The summed E-state index contributed by atoms with van der Waals surface area (Å²) in [7, 11) is 0. The Morgan fingerprint density at radius 2 is 1.75 bits per heavy atom. The van der Waals surface area contributed by atoms with Gasteiger partial charge in [-0.3, -0.25) is 0 Å². The fraction of sp³-hybridized carbons (Fsp3) is 1.00. The van der Waals surface area contributed by atoms with Gasteiger partial charge in [0, 0.05) is 0 Å². The molecule has 1 heterocycles. The predicted molar refractivity (Wildman–Crippen MR) is 67.4 cm³/mol. The fourth-order valence-electron chi connectivity index (χ4n) is 2.88. The van der Waals surface area contributed by atoms with Gasteiger partial charge in [-0.2, -0.15) is 0 Å². The van der Waals surface area contributed by atoms with Crippen molar-refractivity contribution < 1.29 is 9.60 Å². The molecule has 1 saturated heterocycles. The number of hydrogen-bond acceptors (Lipinski definition) is 0. The first-order valence-electron chi connectivity index (χ1n) is 7.23. The number of likely N-dealkylation sites (tertiary alicyclic amines) is 1. The van der Waals surface area contributed by atoms with Crippen LogP contribution in [0.1, 0.15) is 71.6 Å². The third-order valence-corrected chi connectivity index (χ3v) is 3.89. The molecule has 0 aromatic carbocycles. The highest BCUT2D eigenvalue weighted by Crippen LogP contribution is 2.09. The highest BCUT2D eigenvalue weighted by atomic mass is 19.0. The molecule has 0 amide bonds. The number of unbranched alkanes of at least 4 members (excludes halogenated alkanes) is 3. The monoisotopic (exact) mass is 231 g/mol. The number of halogens is 1. The van der Waals surface area contributed by atoms with Crippen LogP contribution in [0.3, 0.4) is 0 Å². The van der Waals surface area contributed by atoms with Gasteiger partial charge < -0.3 is 9.60 Å². The van der Waals surface area contributed by atoms with Crippen LogP contribution in [0.15, 0.2) is 0 Å². The summed E-state index contributed by atoms with van der Waals surface area (Å²) in [6, 6.07) is 1.01. The molecule has 2 heteroatoms. The Hall–Kier alpha value is -0.110. The minimum atomic E-state index is 0. The van der Waals surface area contributed by atoms with Crippen LogP contribution < -0.4 is 9.60 Å². The van der Waals surface area contributed by atoms with E-state index in [-0.39, 0.29) is 4.70 Å². The average molecular weight is 231 g/mol. The van der Waals surface area contributed by atoms with Crippen LogP contribution in [0.4, 0.5) is 0 Å². The maximum Gasteiger partial charge on any atom is 0.0874 e. The van der Waals surface area contributed by atoms with E-state index in [1.54, 1.807) is 0 Å². The average Bonchev–Trinajstić information content (AvgIpc) is 2.28. The molecule has 1 aliphatic rings. The van der Waals surface area contributed by atoms with E-state index in [0.717, 1.165) is 6.04 Å². The first kappa shape index (κ1) is 15.9. The predicted octanol–water partition coefficient (Wildman–Crippen LogP) is -0.192. The Labute approximate surface area is 101 Å². The summed E-state index contributed by atoms with van der Waals surface area (Å²) in [5.74, 6) is 0. The summed E-state index contributed by atoms with van der Waals surface area (Å²) in [5, 5.41) is 0. The van der Waals surface area contributed by atoms with Crippen molar-refractivity contribution in [3.8, 4) is 0 Å². The summed E-state index contributed by atoms with van der Waals surface area (Å²) in [6.45, 7) is 7.53. The summed E-state index contributed by atoms with van der Waals surface area (Å²) in [5.41, 5.74) is 0. The van der Waals surface area contributed by atoms with Gasteiger partial charge in [0.2, 0.25) is 0 Å². The van der Waals surface area contributed by atoms with Crippen molar-refractivity contribution in [2.24, 2.45) is 0 Å². The van der Waals surface area contributed by atoms with E-state index in [4.69, 9.17) is 0 Å². The van der Waals surface area contributed by atoms with Crippen molar-refractivity contribution >= 4 is 0 Å². The molecule has 0 bridgehead atoms. The number of quaternary nitrogens is 1. The van der Waals surface area contributed by atoms with E-state index in [0.29, 0.717) is 0 Å². The standard InChI is InChI=1S/C14H29N.FH/c1-3-5-8-12-15-13-9-7-11-14(15)10-6-4-2;/h14H,3-13H2,1-2H3;1H. The first-order chi connectivity index (χ1) is 7.38. The van der Waals surface area contributed by atoms with Crippen molar-refractivity contribution in [3.63, 3.8) is 0 Å². The maximum atomic E-state index is 2.32. The molecule has 0 aromatic rings. The normalized spacial score (nSPS) is 25.1. The van der Waals surface area contributed by atoms with Gasteiger partial charge in [0.15, 0.2) is 0 Å². The SMILES string of the molecule is CCCCC[NH+]1CCCCC1CCCC.[F-]. The van der Waals surface area contributed by atoms with Crippen molar-refractivity contribution in [1.82, 2.24) is 0 Å². The Balaban J connectivity index is 0.00000225. The minimum absolute atomic E-state index is 0. The van der Waals surface area contributed by atoms with Crippen molar-refractivity contribution in [3.05, 3.63) is 0 Å². The van der Waals surface area contributed by atoms with Crippen LogP contribution in [0.2, 0.25) is 0 Å². The zero-order chi connectivity index (χ0) is 10.9. The fourth-order valence-corrected chi connectivity index (χ4v) is 2.88. The molecule has 0 aromatic heterocycles. The van der Waals surface area contributed by atoms with E-state index < -0.39 is 0 Å². The number of rotatable bonds is 7. The minimum Gasteiger partial charge on any atom is -1.00 e. The van der Waals surface area contributed by atoms with E-state index in [1.165, 1.54) is 70.9 Å². The Bertz CT molecular complexity index is 150.